The molecule has 0 aliphatic heterocycles. The Bertz CT molecular complexity index is 485. The van der Waals surface area contributed by atoms with Gasteiger partial charge in [0.1, 0.15) is 5.75 Å². The van der Waals surface area contributed by atoms with E-state index in [-0.39, 0.29) is 0 Å². The van der Waals surface area contributed by atoms with E-state index in [1.165, 1.54) is 76.2 Å². The summed E-state index contributed by atoms with van der Waals surface area (Å²) < 4.78 is 5.74. The summed E-state index contributed by atoms with van der Waals surface area (Å²) in [5.41, 5.74) is 3.12. The molecule has 1 aliphatic carbocycles. The lowest BCUT2D eigenvalue weighted by Crippen LogP contribution is -2.06. The lowest BCUT2D eigenvalue weighted by atomic mass is 9.84. The average Bonchev–Trinajstić information content (AvgIpc) is 2.66. The van der Waals surface area contributed by atoms with Gasteiger partial charge in [0.2, 0.25) is 0 Å². The zero-order chi connectivity index (χ0) is 17.7. The van der Waals surface area contributed by atoms with E-state index < -0.39 is 0 Å². The normalized spacial score (nSPS) is 17.4. The molecule has 1 nitrogen and oxygen atoms in total. The molecule has 0 saturated carbocycles. The summed E-state index contributed by atoms with van der Waals surface area (Å²) in [7, 11) is 0. The van der Waals surface area contributed by atoms with Crippen molar-refractivity contribution in [2.75, 3.05) is 6.61 Å². The minimum atomic E-state index is 0.836. The lowest BCUT2D eigenvalue weighted by molar-refractivity contribution is 0.309. The Balaban J connectivity index is 1.65. The molecular weight excluding hydrogens is 304 g/mol. The maximum Gasteiger partial charge on any atom is 0.119 e. The second-order valence-electron chi connectivity index (χ2n) is 7.70. The summed E-state index contributed by atoms with van der Waals surface area (Å²) in [5.74, 6) is 1.97. The summed E-state index contributed by atoms with van der Waals surface area (Å²) in [4.78, 5) is 0. The van der Waals surface area contributed by atoms with Gasteiger partial charge in [-0.2, -0.15) is 0 Å². The van der Waals surface area contributed by atoms with Gasteiger partial charge < -0.3 is 4.74 Å². The molecule has 0 aromatic heterocycles. The summed E-state index contributed by atoms with van der Waals surface area (Å²) in [5, 5.41) is 0. The Hall–Kier alpha value is -1.24. The number of rotatable bonds is 12. The molecule has 0 N–H and O–H groups in total. The van der Waals surface area contributed by atoms with Gasteiger partial charge in [0.05, 0.1) is 6.61 Å². The maximum absolute atomic E-state index is 5.74. The molecule has 140 valence electrons. The van der Waals surface area contributed by atoms with Gasteiger partial charge in [0.15, 0.2) is 0 Å². The molecule has 1 heteroatoms. The summed E-state index contributed by atoms with van der Waals surface area (Å²) in [6.45, 7) is 5.33. The second kappa shape index (κ2) is 12.2. The fourth-order valence-electron chi connectivity index (χ4n) is 3.68. The van der Waals surface area contributed by atoms with Gasteiger partial charge in [-0.3, -0.25) is 0 Å². The van der Waals surface area contributed by atoms with Crippen LogP contribution in [0.5, 0.6) is 5.75 Å². The van der Waals surface area contributed by atoms with E-state index >= 15 is 0 Å². The van der Waals surface area contributed by atoms with Crippen LogP contribution in [-0.4, -0.2) is 6.61 Å². The highest BCUT2D eigenvalue weighted by molar-refractivity contribution is 5.28. The molecule has 0 radical (unpaired) electrons. The van der Waals surface area contributed by atoms with E-state index in [0.29, 0.717) is 0 Å². The standard InChI is InChI=1S/C24H38O/c1-3-5-7-8-9-21-10-12-22(13-11-21)14-15-23-16-18-24(19-17-23)25-20-6-4-2/h12,16-19,21H,3-11,13-15,20H2,1-2H3. The molecule has 0 heterocycles. The van der Waals surface area contributed by atoms with E-state index in [1.807, 2.05) is 0 Å². The van der Waals surface area contributed by atoms with E-state index in [9.17, 15) is 0 Å². The number of unbranched alkanes of at least 4 members (excludes halogenated alkanes) is 4. The Labute approximate surface area is 155 Å². The van der Waals surface area contributed by atoms with Crippen LogP contribution in [0.2, 0.25) is 0 Å². The third-order valence-corrected chi connectivity index (χ3v) is 5.50. The van der Waals surface area contributed by atoms with Crippen LogP contribution in [0.3, 0.4) is 0 Å². The van der Waals surface area contributed by atoms with Gasteiger partial charge in [-0.05, 0) is 62.1 Å². The zero-order valence-electron chi connectivity index (χ0n) is 16.6. The molecule has 0 fully saturated rings. The van der Waals surface area contributed by atoms with Gasteiger partial charge in [0, 0.05) is 0 Å². The van der Waals surface area contributed by atoms with Crippen LogP contribution in [0, 0.1) is 5.92 Å². The Morgan fingerprint density at radius 3 is 2.40 bits per heavy atom. The van der Waals surface area contributed by atoms with Crippen LogP contribution in [0.25, 0.3) is 0 Å². The first-order valence-corrected chi connectivity index (χ1v) is 10.7. The number of aryl methyl sites for hydroxylation is 1. The minimum absolute atomic E-state index is 0.836. The predicted octanol–water partition coefficient (Wildman–Crippen LogP) is 7.50. The average molecular weight is 343 g/mol. The van der Waals surface area contributed by atoms with Crippen molar-refractivity contribution in [2.45, 2.75) is 90.9 Å². The molecule has 1 aromatic rings. The minimum Gasteiger partial charge on any atom is -0.494 e. The topological polar surface area (TPSA) is 9.23 Å². The number of hydrogen-bond donors (Lipinski definition) is 0. The van der Waals surface area contributed by atoms with Crippen molar-refractivity contribution < 1.29 is 4.74 Å². The van der Waals surface area contributed by atoms with E-state index in [1.54, 1.807) is 5.57 Å². The van der Waals surface area contributed by atoms with Crippen molar-refractivity contribution in [2.24, 2.45) is 5.92 Å². The second-order valence-corrected chi connectivity index (χ2v) is 7.70. The molecule has 1 unspecified atom stereocenters. The molecule has 25 heavy (non-hydrogen) atoms. The Kier molecular flexibility index (Phi) is 9.77. The molecular formula is C24H38O. The van der Waals surface area contributed by atoms with Crippen LogP contribution in [0.15, 0.2) is 35.9 Å². The monoisotopic (exact) mass is 342 g/mol. The molecule has 0 saturated heterocycles. The fraction of sp³-hybridized carbons (Fsp3) is 0.667. The number of benzene rings is 1. The molecule has 0 bridgehead atoms. The first kappa shape index (κ1) is 20.1. The number of ether oxygens (including phenoxy) is 1. The smallest absolute Gasteiger partial charge is 0.119 e. The van der Waals surface area contributed by atoms with Gasteiger partial charge in [-0.1, -0.05) is 76.2 Å². The van der Waals surface area contributed by atoms with Gasteiger partial charge in [-0.25, -0.2) is 0 Å². The van der Waals surface area contributed by atoms with Crippen LogP contribution in [-0.2, 0) is 6.42 Å². The van der Waals surface area contributed by atoms with Crippen molar-refractivity contribution in [1.29, 1.82) is 0 Å². The highest BCUT2D eigenvalue weighted by Gasteiger charge is 2.14. The predicted molar refractivity (Wildman–Crippen MR) is 109 cm³/mol. The number of hydrogen-bond acceptors (Lipinski definition) is 1. The lowest BCUT2D eigenvalue weighted by Gasteiger charge is -2.22. The third-order valence-electron chi connectivity index (χ3n) is 5.50. The van der Waals surface area contributed by atoms with Crippen LogP contribution in [0.1, 0.15) is 90.0 Å². The van der Waals surface area contributed by atoms with Crippen molar-refractivity contribution >= 4 is 0 Å². The van der Waals surface area contributed by atoms with E-state index in [2.05, 4.69) is 44.2 Å². The Morgan fingerprint density at radius 2 is 1.72 bits per heavy atom. The molecule has 1 atom stereocenters. The molecule has 2 rings (SSSR count). The highest BCUT2D eigenvalue weighted by Crippen LogP contribution is 2.30. The number of allylic oxidation sites excluding steroid dienone is 2. The molecule has 1 aromatic carbocycles. The van der Waals surface area contributed by atoms with Crippen LogP contribution in [0.4, 0.5) is 0 Å². The molecule has 0 amide bonds. The van der Waals surface area contributed by atoms with Crippen molar-refractivity contribution in [1.82, 2.24) is 0 Å². The zero-order valence-corrected chi connectivity index (χ0v) is 16.6. The largest absolute Gasteiger partial charge is 0.494 e. The van der Waals surface area contributed by atoms with Crippen molar-refractivity contribution in [3.05, 3.63) is 41.5 Å². The van der Waals surface area contributed by atoms with Crippen LogP contribution >= 0.6 is 0 Å². The summed E-state index contributed by atoms with van der Waals surface area (Å²) in [6, 6.07) is 8.74. The van der Waals surface area contributed by atoms with Crippen molar-refractivity contribution in [3.8, 4) is 5.75 Å². The summed E-state index contributed by atoms with van der Waals surface area (Å²) in [6.07, 6.45) is 18.4. The van der Waals surface area contributed by atoms with Gasteiger partial charge >= 0.3 is 0 Å². The van der Waals surface area contributed by atoms with Crippen molar-refractivity contribution in [3.63, 3.8) is 0 Å². The highest BCUT2D eigenvalue weighted by atomic mass is 16.5. The summed E-state index contributed by atoms with van der Waals surface area (Å²) >= 11 is 0. The quantitative estimate of drug-likeness (QED) is 0.282. The Morgan fingerprint density at radius 1 is 0.920 bits per heavy atom. The van der Waals surface area contributed by atoms with Gasteiger partial charge in [0.25, 0.3) is 0 Å². The fourth-order valence-corrected chi connectivity index (χ4v) is 3.68. The first-order valence-electron chi connectivity index (χ1n) is 10.7. The van der Waals surface area contributed by atoms with Gasteiger partial charge in [-0.15, -0.1) is 0 Å². The van der Waals surface area contributed by atoms with Crippen LogP contribution < -0.4 is 4.74 Å². The third kappa shape index (κ3) is 8.12. The van der Waals surface area contributed by atoms with E-state index in [0.717, 1.165) is 24.7 Å². The SMILES string of the molecule is CCCCCCC1CC=C(CCc2ccc(OCCCC)cc2)CC1. The maximum atomic E-state index is 5.74. The molecule has 0 spiro atoms. The van der Waals surface area contributed by atoms with E-state index in [4.69, 9.17) is 4.74 Å². The first-order chi connectivity index (χ1) is 12.3. The molecule has 1 aliphatic rings.